The molecule has 0 spiro atoms. The van der Waals surface area contributed by atoms with Crippen LogP contribution in [0, 0.1) is 11.6 Å². The average molecular weight is 217 g/mol. The fraction of sp³-hybridized carbons (Fsp3) is 0.308. The molecule has 1 heterocycles. The molecule has 0 aliphatic carbocycles. The van der Waals surface area contributed by atoms with Gasteiger partial charge in [-0.05, 0) is 31.0 Å². The highest BCUT2D eigenvalue weighted by Crippen LogP contribution is 2.19. The lowest BCUT2D eigenvalue weighted by atomic mass is 10.1. The van der Waals surface area contributed by atoms with Gasteiger partial charge in [-0.3, -0.25) is 0 Å². The van der Waals surface area contributed by atoms with Gasteiger partial charge in [0.1, 0.15) is 4.64 Å². The Labute approximate surface area is 95.4 Å². The molecule has 0 saturated carbocycles. The number of hydrogen-bond donors (Lipinski definition) is 0. The van der Waals surface area contributed by atoms with Crippen molar-refractivity contribution in [3.8, 4) is 0 Å². The van der Waals surface area contributed by atoms with Crippen LogP contribution in [0.3, 0.4) is 0 Å². The molecule has 0 fully saturated rings. The fourth-order valence-corrected chi connectivity index (χ4v) is 2.32. The first-order valence-electron chi connectivity index (χ1n) is 5.33. The van der Waals surface area contributed by atoms with Gasteiger partial charge in [0.15, 0.2) is 0 Å². The zero-order valence-corrected chi connectivity index (χ0v) is 9.97. The molecule has 0 bridgehead atoms. The zero-order valence-electron chi connectivity index (χ0n) is 9.16. The first-order valence-corrected chi connectivity index (χ1v) is 5.74. The van der Waals surface area contributed by atoms with E-state index < -0.39 is 0 Å². The van der Waals surface area contributed by atoms with Crippen molar-refractivity contribution in [3.05, 3.63) is 40.5 Å². The van der Waals surface area contributed by atoms with Gasteiger partial charge in [-0.25, -0.2) is 0 Å². The van der Waals surface area contributed by atoms with Gasteiger partial charge in [-0.1, -0.05) is 37.3 Å². The Morgan fingerprint density at radius 3 is 2.73 bits per heavy atom. The molecule has 2 heteroatoms. The summed E-state index contributed by atoms with van der Waals surface area (Å²) in [6.07, 6.45) is 1.11. The number of fused-ring (bicyclic) bond motifs is 1. The summed E-state index contributed by atoms with van der Waals surface area (Å²) < 4.78 is 3.16. The Balaban J connectivity index is 2.83. The predicted molar refractivity (Wildman–Crippen MR) is 67.8 cm³/mol. The monoisotopic (exact) mass is 217 g/mol. The average Bonchev–Trinajstić information content (AvgIpc) is 2.24. The van der Waals surface area contributed by atoms with Crippen molar-refractivity contribution in [1.29, 1.82) is 0 Å². The number of aromatic nitrogens is 1. The van der Waals surface area contributed by atoms with Crippen LogP contribution >= 0.6 is 12.2 Å². The van der Waals surface area contributed by atoms with E-state index in [0.717, 1.165) is 17.6 Å². The summed E-state index contributed by atoms with van der Waals surface area (Å²) >= 11 is 5.40. The molecule has 0 saturated heterocycles. The minimum absolute atomic E-state index is 0.938. The molecule has 0 unspecified atom stereocenters. The molecule has 15 heavy (non-hydrogen) atoms. The zero-order chi connectivity index (χ0) is 10.8. The van der Waals surface area contributed by atoms with Crippen molar-refractivity contribution < 1.29 is 0 Å². The number of aryl methyl sites for hydroxylation is 2. The Hall–Kier alpha value is -1.15. The van der Waals surface area contributed by atoms with E-state index in [1.807, 2.05) is 0 Å². The van der Waals surface area contributed by atoms with Crippen molar-refractivity contribution in [1.82, 2.24) is 4.57 Å². The lowest BCUT2D eigenvalue weighted by Crippen LogP contribution is -2.02. The number of benzene rings is 1. The predicted octanol–water partition coefficient (Wildman–Crippen LogP) is 4.09. The molecular weight excluding hydrogens is 202 g/mol. The second-order valence-electron chi connectivity index (χ2n) is 3.83. The molecule has 2 rings (SSSR count). The summed E-state index contributed by atoms with van der Waals surface area (Å²) in [5.41, 5.74) is 2.52. The molecule has 1 nitrogen and oxygen atoms in total. The first-order chi connectivity index (χ1) is 7.24. The van der Waals surface area contributed by atoms with Crippen LogP contribution in [0.4, 0.5) is 0 Å². The van der Waals surface area contributed by atoms with Gasteiger partial charge < -0.3 is 4.57 Å². The van der Waals surface area contributed by atoms with Crippen molar-refractivity contribution in [2.75, 3.05) is 0 Å². The highest BCUT2D eigenvalue weighted by molar-refractivity contribution is 7.71. The SMILES string of the molecule is CCCn1c(=S)cc(C)c2ccccc21. The summed E-state index contributed by atoms with van der Waals surface area (Å²) in [4.78, 5) is 0. The molecule has 0 amide bonds. The van der Waals surface area contributed by atoms with Gasteiger partial charge in [0.25, 0.3) is 0 Å². The molecule has 78 valence electrons. The standard InChI is InChI=1S/C13H15NS/c1-3-8-14-12-7-5-4-6-11(12)10(2)9-13(14)15/h4-7,9H,3,8H2,1-2H3. The summed E-state index contributed by atoms with van der Waals surface area (Å²) in [5, 5.41) is 1.31. The largest absolute Gasteiger partial charge is 0.332 e. The highest BCUT2D eigenvalue weighted by Gasteiger charge is 2.02. The van der Waals surface area contributed by atoms with Crippen molar-refractivity contribution in [2.45, 2.75) is 26.8 Å². The van der Waals surface area contributed by atoms with E-state index in [1.165, 1.54) is 16.5 Å². The highest BCUT2D eigenvalue weighted by atomic mass is 32.1. The van der Waals surface area contributed by atoms with E-state index in [2.05, 4.69) is 48.7 Å². The van der Waals surface area contributed by atoms with Gasteiger partial charge in [0.05, 0.1) is 0 Å². The van der Waals surface area contributed by atoms with Gasteiger partial charge in [-0.2, -0.15) is 0 Å². The van der Waals surface area contributed by atoms with E-state index in [4.69, 9.17) is 12.2 Å². The van der Waals surface area contributed by atoms with Crippen LogP contribution < -0.4 is 0 Å². The summed E-state index contributed by atoms with van der Waals surface area (Å²) in [5.74, 6) is 0. The van der Waals surface area contributed by atoms with Crippen LogP contribution in [0.5, 0.6) is 0 Å². The number of hydrogen-bond acceptors (Lipinski definition) is 1. The number of para-hydroxylation sites is 1. The van der Waals surface area contributed by atoms with Gasteiger partial charge >= 0.3 is 0 Å². The van der Waals surface area contributed by atoms with Crippen LogP contribution in [-0.4, -0.2) is 4.57 Å². The summed E-state index contributed by atoms with van der Waals surface area (Å²) in [7, 11) is 0. The Morgan fingerprint density at radius 1 is 1.27 bits per heavy atom. The Bertz CT molecular complexity index is 540. The maximum Gasteiger partial charge on any atom is 0.106 e. The second-order valence-corrected chi connectivity index (χ2v) is 4.25. The lowest BCUT2D eigenvalue weighted by molar-refractivity contribution is 0.690. The minimum Gasteiger partial charge on any atom is -0.332 e. The Morgan fingerprint density at radius 2 is 2.00 bits per heavy atom. The van der Waals surface area contributed by atoms with E-state index in [-0.39, 0.29) is 0 Å². The third-order valence-corrected chi connectivity index (χ3v) is 3.01. The smallest absolute Gasteiger partial charge is 0.106 e. The molecule has 0 N–H and O–H groups in total. The number of nitrogens with zero attached hydrogens (tertiary/aromatic N) is 1. The van der Waals surface area contributed by atoms with Crippen molar-refractivity contribution in [2.24, 2.45) is 0 Å². The quantitative estimate of drug-likeness (QED) is 0.686. The molecule has 0 radical (unpaired) electrons. The molecule has 2 aromatic rings. The summed E-state index contributed by atoms with van der Waals surface area (Å²) in [6, 6.07) is 10.5. The molecule has 1 aromatic heterocycles. The van der Waals surface area contributed by atoms with Crippen LogP contribution in [0.2, 0.25) is 0 Å². The lowest BCUT2D eigenvalue weighted by Gasteiger charge is -2.12. The molecule has 0 aliphatic rings. The van der Waals surface area contributed by atoms with Crippen molar-refractivity contribution >= 4 is 23.1 Å². The van der Waals surface area contributed by atoms with Crippen LogP contribution in [0.25, 0.3) is 10.9 Å². The summed E-state index contributed by atoms with van der Waals surface area (Å²) in [6.45, 7) is 5.30. The second kappa shape index (κ2) is 4.15. The van der Waals surface area contributed by atoms with Gasteiger partial charge in [0.2, 0.25) is 0 Å². The Kier molecular flexibility index (Phi) is 2.87. The van der Waals surface area contributed by atoms with E-state index in [9.17, 15) is 0 Å². The minimum atomic E-state index is 0.938. The topological polar surface area (TPSA) is 4.93 Å². The maximum atomic E-state index is 5.40. The van der Waals surface area contributed by atoms with Gasteiger partial charge in [0, 0.05) is 17.4 Å². The van der Waals surface area contributed by atoms with Crippen LogP contribution in [-0.2, 0) is 6.54 Å². The molecular formula is C13H15NS. The van der Waals surface area contributed by atoms with E-state index in [0.29, 0.717) is 0 Å². The third-order valence-electron chi connectivity index (χ3n) is 2.67. The first kappa shape index (κ1) is 10.4. The number of rotatable bonds is 2. The van der Waals surface area contributed by atoms with Crippen molar-refractivity contribution in [3.63, 3.8) is 0 Å². The molecule has 0 atom stereocenters. The van der Waals surface area contributed by atoms with E-state index >= 15 is 0 Å². The third kappa shape index (κ3) is 1.82. The molecule has 1 aromatic carbocycles. The van der Waals surface area contributed by atoms with Gasteiger partial charge in [-0.15, -0.1) is 0 Å². The van der Waals surface area contributed by atoms with Crippen LogP contribution in [0.1, 0.15) is 18.9 Å². The van der Waals surface area contributed by atoms with Crippen LogP contribution in [0.15, 0.2) is 30.3 Å². The normalized spacial score (nSPS) is 10.8. The fourth-order valence-electron chi connectivity index (χ4n) is 1.96. The van der Waals surface area contributed by atoms with E-state index in [1.54, 1.807) is 0 Å². The number of pyridine rings is 1. The molecule has 0 aliphatic heterocycles. The maximum absolute atomic E-state index is 5.40.